The van der Waals surface area contributed by atoms with Crippen molar-refractivity contribution in [2.75, 3.05) is 27.2 Å². The van der Waals surface area contributed by atoms with Crippen molar-refractivity contribution in [1.29, 1.82) is 0 Å². The number of hydrogen-bond acceptors (Lipinski definition) is 4. The minimum absolute atomic E-state index is 0.0123. The van der Waals surface area contributed by atoms with Gasteiger partial charge >= 0.3 is 0 Å². The molecule has 3 aromatic rings. The molecule has 4 rings (SSSR count). The molecule has 2 amide bonds. The zero-order chi connectivity index (χ0) is 24.2. The highest BCUT2D eigenvalue weighted by molar-refractivity contribution is 7.09. The summed E-state index contributed by atoms with van der Waals surface area (Å²) in [7, 11) is 3.52. The van der Waals surface area contributed by atoms with Crippen LogP contribution in [0.3, 0.4) is 0 Å². The molecular weight excluding hydrogens is 432 g/mol. The second-order valence-electron chi connectivity index (χ2n) is 7.98. The molecule has 0 aliphatic carbocycles. The van der Waals surface area contributed by atoms with Crippen molar-refractivity contribution in [2.24, 2.45) is 0 Å². The molecule has 1 fully saturated rings. The fraction of sp³-hybridized carbons (Fsp3) is 0.500. The summed E-state index contributed by atoms with van der Waals surface area (Å²) in [5.74, 6) is 0.308. The van der Waals surface area contributed by atoms with Crippen LogP contribution < -0.4 is 0 Å². The first-order valence-corrected chi connectivity index (χ1v) is 12.9. The van der Waals surface area contributed by atoms with Crippen molar-refractivity contribution in [2.45, 2.75) is 59.3 Å². The van der Waals surface area contributed by atoms with Gasteiger partial charge in [-0.3, -0.25) is 9.59 Å². The molecule has 6 nitrogen and oxygen atoms in total. The second-order valence-corrected chi connectivity index (χ2v) is 8.96. The summed E-state index contributed by atoms with van der Waals surface area (Å²) in [5, 5.41) is 4.18. The first kappa shape index (κ1) is 26.6. The van der Waals surface area contributed by atoms with Gasteiger partial charge in [-0.05, 0) is 43.4 Å². The number of fused-ring (bicyclic) bond motifs is 1. The van der Waals surface area contributed by atoms with Gasteiger partial charge in [0.25, 0.3) is 5.91 Å². The number of benzene rings is 1. The number of aryl methyl sites for hydroxylation is 2. The van der Waals surface area contributed by atoms with Gasteiger partial charge < -0.3 is 14.8 Å². The lowest BCUT2D eigenvalue weighted by Crippen LogP contribution is -2.35. The Morgan fingerprint density at radius 1 is 1.15 bits per heavy atom. The molecule has 33 heavy (non-hydrogen) atoms. The van der Waals surface area contributed by atoms with E-state index in [1.54, 1.807) is 36.5 Å². The highest BCUT2D eigenvalue weighted by atomic mass is 32.1. The van der Waals surface area contributed by atoms with Crippen LogP contribution in [0.5, 0.6) is 0 Å². The van der Waals surface area contributed by atoms with Crippen LogP contribution in [0.15, 0.2) is 35.8 Å². The van der Waals surface area contributed by atoms with E-state index in [2.05, 4.69) is 23.0 Å². The van der Waals surface area contributed by atoms with Crippen LogP contribution in [-0.4, -0.2) is 58.8 Å². The van der Waals surface area contributed by atoms with E-state index in [0.29, 0.717) is 18.0 Å². The van der Waals surface area contributed by atoms with Gasteiger partial charge in [-0.25, -0.2) is 4.98 Å². The standard InChI is InChI=1S/C13H16N2O.C11H16N2OS.C2H6/c1-4-9-6-5-7-11-10(9)8-12(14-11)13(16)15(2)3;14-11(13-7-2-1-3-8-13)5-4-10-12-6-9-15-10;1-2/h5-8,14H,4H2,1-3H3;6,9H,1-5,7-8H2;1-2H3. The van der Waals surface area contributed by atoms with E-state index in [1.807, 2.05) is 42.3 Å². The lowest BCUT2D eigenvalue weighted by atomic mass is 10.1. The maximum absolute atomic E-state index is 11.8. The van der Waals surface area contributed by atoms with E-state index >= 15 is 0 Å². The molecule has 3 heterocycles. The number of nitrogens with one attached hydrogen (secondary N) is 1. The molecule has 7 heteroatoms. The van der Waals surface area contributed by atoms with E-state index < -0.39 is 0 Å². The fourth-order valence-corrected chi connectivity index (χ4v) is 4.39. The average Bonchev–Trinajstić information content (AvgIpc) is 3.54. The molecule has 1 saturated heterocycles. The molecule has 0 unspecified atom stereocenters. The van der Waals surface area contributed by atoms with Crippen molar-refractivity contribution >= 4 is 34.1 Å². The van der Waals surface area contributed by atoms with Crippen molar-refractivity contribution < 1.29 is 9.59 Å². The highest BCUT2D eigenvalue weighted by Gasteiger charge is 2.16. The number of rotatable bonds is 5. The topological polar surface area (TPSA) is 69.3 Å². The predicted molar refractivity (Wildman–Crippen MR) is 138 cm³/mol. The van der Waals surface area contributed by atoms with Crippen LogP contribution in [0.2, 0.25) is 0 Å². The Bertz CT molecular complexity index is 989. The third-order valence-corrected chi connectivity index (χ3v) is 6.36. The monoisotopic (exact) mass is 470 g/mol. The normalized spacial score (nSPS) is 12.9. The quantitative estimate of drug-likeness (QED) is 0.532. The number of piperidine rings is 1. The van der Waals surface area contributed by atoms with Crippen LogP contribution in [0, 0.1) is 0 Å². The molecule has 180 valence electrons. The molecule has 2 aromatic heterocycles. The number of likely N-dealkylation sites (tertiary alicyclic amines) is 1. The van der Waals surface area contributed by atoms with Crippen molar-refractivity contribution in [3.05, 3.63) is 52.1 Å². The Labute approximate surface area is 202 Å². The molecule has 0 saturated carbocycles. The summed E-state index contributed by atoms with van der Waals surface area (Å²) in [5.41, 5.74) is 2.96. The SMILES string of the molecule is CC.CCc1cccc2[nH]c(C(=O)N(C)C)cc12.O=C(CCc1nccs1)N1CCCCC1. The summed E-state index contributed by atoms with van der Waals surface area (Å²) in [6, 6.07) is 8.05. The summed E-state index contributed by atoms with van der Waals surface area (Å²) in [6.45, 7) is 8.03. The number of H-pyrrole nitrogens is 1. The maximum atomic E-state index is 11.8. The maximum Gasteiger partial charge on any atom is 0.269 e. The molecular formula is C26H38N4O2S. The molecule has 0 radical (unpaired) electrons. The van der Waals surface area contributed by atoms with Crippen molar-refractivity contribution in [3.8, 4) is 0 Å². The zero-order valence-corrected chi connectivity index (χ0v) is 21.5. The van der Waals surface area contributed by atoms with Crippen molar-refractivity contribution in [3.63, 3.8) is 0 Å². The molecule has 1 aliphatic rings. The minimum atomic E-state index is 0.0123. The Kier molecular flexibility index (Phi) is 11.1. The molecule has 1 aliphatic heterocycles. The number of thiazole rings is 1. The number of amides is 2. The Morgan fingerprint density at radius 3 is 2.48 bits per heavy atom. The van der Waals surface area contributed by atoms with Crippen LogP contribution in [-0.2, 0) is 17.6 Å². The third-order valence-electron chi connectivity index (χ3n) is 5.52. The number of carbonyl (C=O) groups excluding carboxylic acids is 2. The number of aromatic nitrogens is 2. The van der Waals surface area contributed by atoms with Gasteiger partial charge in [0.1, 0.15) is 5.69 Å². The molecule has 0 spiro atoms. The largest absolute Gasteiger partial charge is 0.351 e. The lowest BCUT2D eigenvalue weighted by Gasteiger charge is -2.26. The number of hydrogen-bond donors (Lipinski definition) is 1. The second kappa shape index (κ2) is 13.8. The fourth-order valence-electron chi connectivity index (χ4n) is 3.77. The summed E-state index contributed by atoms with van der Waals surface area (Å²) >= 11 is 1.63. The van der Waals surface area contributed by atoms with Crippen LogP contribution >= 0.6 is 11.3 Å². The average molecular weight is 471 g/mol. The zero-order valence-electron chi connectivity index (χ0n) is 20.7. The van der Waals surface area contributed by atoms with Crippen LogP contribution in [0.1, 0.15) is 67.5 Å². The van der Waals surface area contributed by atoms with Gasteiger partial charge in [-0.2, -0.15) is 0 Å². The summed E-state index contributed by atoms with van der Waals surface area (Å²) in [4.78, 5) is 34.5. The van der Waals surface area contributed by atoms with Crippen molar-refractivity contribution in [1.82, 2.24) is 19.8 Å². The first-order chi connectivity index (χ1) is 16.0. The van der Waals surface area contributed by atoms with Crippen LogP contribution in [0.4, 0.5) is 0 Å². The van der Waals surface area contributed by atoms with E-state index in [-0.39, 0.29) is 5.91 Å². The van der Waals surface area contributed by atoms with E-state index in [1.165, 1.54) is 24.8 Å². The Balaban J connectivity index is 0.000000218. The highest BCUT2D eigenvalue weighted by Crippen LogP contribution is 2.21. The molecule has 0 bridgehead atoms. The number of nitrogens with zero attached hydrogens (tertiary/aromatic N) is 3. The molecule has 1 N–H and O–H groups in total. The van der Waals surface area contributed by atoms with E-state index in [9.17, 15) is 9.59 Å². The van der Waals surface area contributed by atoms with Crippen LogP contribution in [0.25, 0.3) is 10.9 Å². The minimum Gasteiger partial charge on any atom is -0.351 e. The van der Waals surface area contributed by atoms with Gasteiger partial charge in [-0.15, -0.1) is 11.3 Å². The number of aromatic amines is 1. The van der Waals surface area contributed by atoms with Gasteiger partial charge in [-0.1, -0.05) is 32.9 Å². The molecule has 1 aromatic carbocycles. The first-order valence-electron chi connectivity index (χ1n) is 12.0. The Morgan fingerprint density at radius 2 is 1.88 bits per heavy atom. The lowest BCUT2D eigenvalue weighted by molar-refractivity contribution is -0.132. The Hall–Kier alpha value is -2.67. The van der Waals surface area contributed by atoms with E-state index in [0.717, 1.165) is 41.8 Å². The smallest absolute Gasteiger partial charge is 0.269 e. The predicted octanol–water partition coefficient (Wildman–Crippen LogP) is 5.55. The third kappa shape index (κ3) is 7.70. The van der Waals surface area contributed by atoms with Gasteiger partial charge in [0, 0.05) is 62.5 Å². The van der Waals surface area contributed by atoms with Gasteiger partial charge in [0.05, 0.1) is 5.01 Å². The molecule has 0 atom stereocenters. The summed E-state index contributed by atoms with van der Waals surface area (Å²) < 4.78 is 0. The number of carbonyl (C=O) groups is 2. The summed E-state index contributed by atoms with van der Waals surface area (Å²) in [6.07, 6.45) is 7.80. The van der Waals surface area contributed by atoms with E-state index in [4.69, 9.17) is 0 Å². The van der Waals surface area contributed by atoms with Gasteiger partial charge in [0.15, 0.2) is 0 Å². The van der Waals surface area contributed by atoms with Gasteiger partial charge in [0.2, 0.25) is 5.91 Å².